The van der Waals surface area contributed by atoms with Crippen LogP contribution in [0.15, 0.2) is 91.0 Å². The number of nitrogens with zero attached hydrogens (tertiary/aromatic N) is 2. The molecule has 1 aliphatic rings. The van der Waals surface area contributed by atoms with E-state index in [0.717, 1.165) is 15.6 Å². The second kappa shape index (κ2) is 9.64. The van der Waals surface area contributed by atoms with E-state index in [4.69, 9.17) is 14.1 Å². The lowest BCUT2D eigenvalue weighted by Gasteiger charge is -2.24. The van der Waals surface area contributed by atoms with Crippen LogP contribution in [0.1, 0.15) is 35.6 Å². The Balaban J connectivity index is 1.83. The van der Waals surface area contributed by atoms with E-state index in [0.29, 0.717) is 26.6 Å². The van der Waals surface area contributed by atoms with Gasteiger partial charge in [0.15, 0.2) is 4.80 Å². The molecule has 0 fully saturated rings. The number of fused-ring (bicyclic) bond motifs is 1. The van der Waals surface area contributed by atoms with Crippen LogP contribution in [0.2, 0.25) is 0 Å². The van der Waals surface area contributed by atoms with Gasteiger partial charge in [-0.1, -0.05) is 69.7 Å². The minimum atomic E-state index is -0.807. The molecule has 0 saturated heterocycles. The highest BCUT2D eigenvalue weighted by molar-refractivity contribution is 9.10. The number of benzene rings is 2. The molecule has 0 aliphatic carbocycles. The third-order valence-corrected chi connectivity index (χ3v) is 7.03. The van der Waals surface area contributed by atoms with Crippen molar-refractivity contribution in [1.29, 1.82) is 0 Å². The Bertz CT molecular complexity index is 1630. The van der Waals surface area contributed by atoms with Crippen LogP contribution >= 0.6 is 27.3 Å². The Morgan fingerprint density at radius 3 is 2.66 bits per heavy atom. The number of carbonyl (C=O) groups is 1. The molecule has 1 unspecified atom stereocenters. The molecule has 3 heterocycles. The van der Waals surface area contributed by atoms with Crippen molar-refractivity contribution in [2.75, 3.05) is 6.61 Å². The number of halogens is 1. The molecule has 6 nitrogen and oxygen atoms in total. The molecule has 1 atom stereocenters. The molecule has 8 heteroatoms. The molecule has 35 heavy (non-hydrogen) atoms. The molecule has 1 aliphatic heterocycles. The zero-order chi connectivity index (χ0) is 24.5. The third kappa shape index (κ3) is 4.47. The first-order chi connectivity index (χ1) is 17.0. The summed E-state index contributed by atoms with van der Waals surface area (Å²) in [5.41, 5.74) is 2.13. The quantitative estimate of drug-likeness (QED) is 0.341. The molecule has 4 aromatic rings. The molecule has 0 bridgehead atoms. The van der Waals surface area contributed by atoms with Gasteiger partial charge in [-0.25, -0.2) is 9.79 Å². The number of furan rings is 1. The van der Waals surface area contributed by atoms with E-state index < -0.39 is 12.0 Å². The third-order valence-electron chi connectivity index (χ3n) is 5.55. The van der Waals surface area contributed by atoms with E-state index in [2.05, 4.69) is 15.9 Å². The molecule has 5 rings (SSSR count). The van der Waals surface area contributed by atoms with Crippen molar-refractivity contribution < 1.29 is 13.9 Å². The van der Waals surface area contributed by atoms with Crippen LogP contribution in [-0.4, -0.2) is 17.1 Å². The Kier molecular flexibility index (Phi) is 6.40. The van der Waals surface area contributed by atoms with Gasteiger partial charge >= 0.3 is 5.97 Å². The van der Waals surface area contributed by atoms with Gasteiger partial charge in [0.2, 0.25) is 0 Å². The fourth-order valence-corrected chi connectivity index (χ4v) is 5.48. The van der Waals surface area contributed by atoms with E-state index >= 15 is 0 Å². The molecule has 176 valence electrons. The number of hydrogen-bond donors (Lipinski definition) is 0. The van der Waals surface area contributed by atoms with Gasteiger partial charge in [-0.05, 0) is 49.8 Å². The Morgan fingerprint density at radius 2 is 1.97 bits per heavy atom. The predicted octanol–water partition coefficient (Wildman–Crippen LogP) is 4.60. The van der Waals surface area contributed by atoms with Crippen LogP contribution in [0.5, 0.6) is 0 Å². The molecule has 2 aromatic heterocycles. The summed E-state index contributed by atoms with van der Waals surface area (Å²) in [6.45, 7) is 3.77. The van der Waals surface area contributed by atoms with E-state index in [9.17, 15) is 9.59 Å². The fourth-order valence-electron chi connectivity index (χ4n) is 4.06. The van der Waals surface area contributed by atoms with E-state index in [1.54, 1.807) is 13.0 Å². The van der Waals surface area contributed by atoms with Crippen LogP contribution in [0.25, 0.3) is 11.8 Å². The highest BCUT2D eigenvalue weighted by Crippen LogP contribution is 2.35. The first-order valence-electron chi connectivity index (χ1n) is 11.1. The minimum absolute atomic E-state index is 0.196. The summed E-state index contributed by atoms with van der Waals surface area (Å²) in [7, 11) is 0. The monoisotopic (exact) mass is 548 g/mol. The summed E-state index contributed by atoms with van der Waals surface area (Å²) < 4.78 is 14.4. The maximum atomic E-state index is 13.7. The molecular formula is C27H21BrN2O4S. The highest BCUT2D eigenvalue weighted by Gasteiger charge is 2.36. The van der Waals surface area contributed by atoms with Crippen molar-refractivity contribution in [2.45, 2.75) is 19.9 Å². The number of aryl methyl sites for hydroxylation is 1. The average molecular weight is 549 g/mol. The molecule has 0 amide bonds. The second-order valence-corrected chi connectivity index (χ2v) is 9.86. The Morgan fingerprint density at radius 1 is 1.17 bits per heavy atom. The van der Waals surface area contributed by atoms with Crippen molar-refractivity contribution in [3.63, 3.8) is 0 Å². The van der Waals surface area contributed by atoms with Crippen LogP contribution in [0, 0.1) is 6.92 Å². The maximum absolute atomic E-state index is 13.7. The SMILES string of the molecule is CCOC(=O)C1=C(c2ccccc2)N=c2sc(=Cc3cccc(Br)c3)c(=O)n2C1c1ccc(C)o1. The van der Waals surface area contributed by atoms with Gasteiger partial charge in [-0.2, -0.15) is 0 Å². The van der Waals surface area contributed by atoms with Crippen molar-refractivity contribution in [2.24, 2.45) is 4.99 Å². The second-order valence-electron chi connectivity index (χ2n) is 7.93. The number of esters is 1. The van der Waals surface area contributed by atoms with Crippen molar-refractivity contribution in [1.82, 2.24) is 4.57 Å². The smallest absolute Gasteiger partial charge is 0.338 e. The number of aromatic nitrogens is 1. The number of ether oxygens (including phenoxy) is 1. The van der Waals surface area contributed by atoms with Gasteiger partial charge in [0.1, 0.15) is 17.6 Å². The summed E-state index contributed by atoms with van der Waals surface area (Å²) in [6.07, 6.45) is 1.83. The molecule has 0 N–H and O–H groups in total. The number of hydrogen-bond acceptors (Lipinski definition) is 6. The van der Waals surface area contributed by atoms with Gasteiger partial charge in [-0.15, -0.1) is 0 Å². The summed E-state index contributed by atoms with van der Waals surface area (Å²) in [4.78, 5) is 32.3. The summed E-state index contributed by atoms with van der Waals surface area (Å²) in [6, 6.07) is 19.9. The zero-order valence-electron chi connectivity index (χ0n) is 19.0. The standard InChI is InChI=1S/C27H21BrN2O4S/c1-3-33-26(32)22-23(18-9-5-4-6-10-18)29-27-30(24(22)20-13-12-16(2)34-20)25(31)21(35-27)15-17-8-7-11-19(28)14-17/h4-15,24H,3H2,1-2H3. The van der Waals surface area contributed by atoms with E-state index in [-0.39, 0.29) is 17.7 Å². The molecule has 0 spiro atoms. The van der Waals surface area contributed by atoms with E-state index in [1.807, 2.05) is 73.7 Å². The predicted molar refractivity (Wildman–Crippen MR) is 139 cm³/mol. The van der Waals surface area contributed by atoms with Crippen molar-refractivity contribution in [3.05, 3.63) is 119 Å². The van der Waals surface area contributed by atoms with Crippen LogP contribution in [-0.2, 0) is 9.53 Å². The zero-order valence-corrected chi connectivity index (χ0v) is 21.4. The Labute approximate surface area is 213 Å². The summed E-state index contributed by atoms with van der Waals surface area (Å²) in [5, 5.41) is 0. The lowest BCUT2D eigenvalue weighted by molar-refractivity contribution is -0.139. The van der Waals surface area contributed by atoms with Crippen LogP contribution in [0.4, 0.5) is 0 Å². The first kappa shape index (κ1) is 23.3. The molecular weight excluding hydrogens is 528 g/mol. The maximum Gasteiger partial charge on any atom is 0.338 e. The van der Waals surface area contributed by atoms with Crippen molar-refractivity contribution in [3.8, 4) is 0 Å². The van der Waals surface area contributed by atoms with Gasteiger partial charge < -0.3 is 9.15 Å². The molecule has 2 aromatic carbocycles. The van der Waals surface area contributed by atoms with Gasteiger partial charge in [0.25, 0.3) is 5.56 Å². The summed E-state index contributed by atoms with van der Waals surface area (Å²) in [5.74, 6) is 0.622. The molecule has 0 radical (unpaired) electrons. The van der Waals surface area contributed by atoms with Gasteiger partial charge in [0.05, 0.1) is 22.4 Å². The average Bonchev–Trinajstić information content (AvgIpc) is 3.41. The topological polar surface area (TPSA) is 73.8 Å². The van der Waals surface area contributed by atoms with Crippen LogP contribution in [0.3, 0.4) is 0 Å². The number of rotatable bonds is 5. The largest absolute Gasteiger partial charge is 0.464 e. The Hall–Kier alpha value is -3.49. The number of carbonyl (C=O) groups excluding carboxylic acids is 1. The van der Waals surface area contributed by atoms with Gasteiger partial charge in [0, 0.05) is 10.0 Å². The fraction of sp³-hybridized carbons (Fsp3) is 0.148. The van der Waals surface area contributed by atoms with E-state index in [1.165, 1.54) is 15.9 Å². The van der Waals surface area contributed by atoms with Gasteiger partial charge in [-0.3, -0.25) is 9.36 Å². The lowest BCUT2D eigenvalue weighted by atomic mass is 9.97. The number of thiazole rings is 1. The van der Waals surface area contributed by atoms with Crippen molar-refractivity contribution >= 4 is 45.0 Å². The van der Waals surface area contributed by atoms with Crippen LogP contribution < -0.4 is 14.9 Å². The summed E-state index contributed by atoms with van der Waals surface area (Å²) >= 11 is 4.76. The first-order valence-corrected chi connectivity index (χ1v) is 12.7. The minimum Gasteiger partial charge on any atom is -0.464 e. The lowest BCUT2D eigenvalue weighted by Crippen LogP contribution is -2.39. The molecule has 0 saturated carbocycles. The normalized spacial score (nSPS) is 15.6. The highest BCUT2D eigenvalue weighted by atomic mass is 79.9.